The molecule has 1 fully saturated rings. The molecule has 0 atom stereocenters. The van der Waals surface area contributed by atoms with Gasteiger partial charge in [-0.15, -0.1) is 0 Å². The van der Waals surface area contributed by atoms with Gasteiger partial charge in [0.25, 0.3) is 0 Å². The van der Waals surface area contributed by atoms with Crippen LogP contribution < -0.4 is 0 Å². The zero-order valence-electron chi connectivity index (χ0n) is 13.7. The van der Waals surface area contributed by atoms with Crippen molar-refractivity contribution >= 4 is 21.4 Å². The van der Waals surface area contributed by atoms with Gasteiger partial charge in [-0.2, -0.15) is 0 Å². The van der Waals surface area contributed by atoms with Gasteiger partial charge in [0, 0.05) is 6.26 Å². The maximum Gasteiger partial charge on any atom is 0.338 e. The Bertz CT molecular complexity index is 663. The van der Waals surface area contributed by atoms with Crippen LogP contribution in [0.2, 0.25) is 0 Å². The Morgan fingerprint density at radius 2 is 1.65 bits per heavy atom. The minimum atomic E-state index is -3.24. The number of benzene rings is 1. The van der Waals surface area contributed by atoms with Gasteiger partial charge in [0.15, 0.2) is 9.84 Å². The SMILES string of the molecule is COC(=O)/C(=C/C1CCCCCC1)c1ccc(S(C)(=O)=O)cc1. The molecule has 0 aliphatic heterocycles. The Kier molecular flexibility index (Phi) is 5.99. The average molecular weight is 336 g/mol. The molecule has 0 unspecified atom stereocenters. The van der Waals surface area contributed by atoms with Gasteiger partial charge in [-0.3, -0.25) is 0 Å². The second-order valence-electron chi connectivity index (χ2n) is 6.12. The first-order valence-electron chi connectivity index (χ1n) is 8.02. The molecule has 1 aliphatic rings. The molecule has 1 saturated carbocycles. The molecule has 0 N–H and O–H groups in total. The smallest absolute Gasteiger partial charge is 0.338 e. The molecule has 1 aliphatic carbocycles. The van der Waals surface area contributed by atoms with Gasteiger partial charge >= 0.3 is 5.97 Å². The lowest BCUT2D eigenvalue weighted by atomic mass is 9.94. The van der Waals surface area contributed by atoms with Crippen molar-refractivity contribution in [2.75, 3.05) is 13.4 Å². The van der Waals surface area contributed by atoms with Crippen molar-refractivity contribution in [2.24, 2.45) is 5.92 Å². The van der Waals surface area contributed by atoms with Crippen LogP contribution in [0.25, 0.3) is 5.57 Å². The number of sulfone groups is 1. The van der Waals surface area contributed by atoms with Crippen LogP contribution in [-0.2, 0) is 19.4 Å². The highest BCUT2D eigenvalue weighted by atomic mass is 32.2. The summed E-state index contributed by atoms with van der Waals surface area (Å²) in [6, 6.07) is 6.43. The maximum atomic E-state index is 12.1. The van der Waals surface area contributed by atoms with Crippen LogP contribution in [0.3, 0.4) is 0 Å². The van der Waals surface area contributed by atoms with Crippen LogP contribution in [-0.4, -0.2) is 27.8 Å². The fraction of sp³-hybridized carbons (Fsp3) is 0.500. The third kappa shape index (κ3) is 4.93. The summed E-state index contributed by atoms with van der Waals surface area (Å²) in [5.41, 5.74) is 1.23. The normalized spacial score (nSPS) is 17.6. The lowest BCUT2D eigenvalue weighted by molar-refractivity contribution is -0.133. The molecule has 0 radical (unpaired) electrons. The molecule has 126 valence electrons. The third-order valence-corrected chi connectivity index (χ3v) is 5.43. The number of methoxy groups -OCH3 is 1. The fourth-order valence-corrected chi connectivity index (χ4v) is 3.62. The molecule has 0 spiro atoms. The Balaban J connectivity index is 2.32. The standard InChI is InChI=1S/C18H24O4S/c1-22-18(19)17(13-14-7-5-3-4-6-8-14)15-9-11-16(12-10-15)23(2,20)21/h9-14H,3-8H2,1-2H3/b17-13+. The number of carbonyl (C=O) groups is 1. The van der Waals surface area contributed by atoms with Crippen LogP contribution in [0.5, 0.6) is 0 Å². The number of allylic oxidation sites excluding steroid dienone is 1. The van der Waals surface area contributed by atoms with Gasteiger partial charge < -0.3 is 4.74 Å². The van der Waals surface area contributed by atoms with Gasteiger partial charge in [-0.1, -0.05) is 43.9 Å². The zero-order valence-corrected chi connectivity index (χ0v) is 14.6. The molecule has 0 heterocycles. The summed E-state index contributed by atoms with van der Waals surface area (Å²) in [7, 11) is -1.87. The molecule has 1 aromatic rings. The van der Waals surface area contributed by atoms with E-state index in [0.29, 0.717) is 17.1 Å². The van der Waals surface area contributed by atoms with Crippen molar-refractivity contribution in [3.05, 3.63) is 35.9 Å². The molecule has 5 heteroatoms. The highest BCUT2D eigenvalue weighted by molar-refractivity contribution is 7.90. The Hall–Kier alpha value is -1.62. The predicted molar refractivity (Wildman–Crippen MR) is 90.7 cm³/mol. The molecular formula is C18H24O4S. The molecule has 23 heavy (non-hydrogen) atoms. The predicted octanol–water partition coefficient (Wildman–Crippen LogP) is 3.62. The van der Waals surface area contributed by atoms with E-state index in [1.165, 1.54) is 51.2 Å². The van der Waals surface area contributed by atoms with Crippen molar-refractivity contribution in [1.82, 2.24) is 0 Å². The van der Waals surface area contributed by atoms with E-state index in [2.05, 4.69) is 0 Å². The molecular weight excluding hydrogens is 312 g/mol. The van der Waals surface area contributed by atoms with Gasteiger partial charge in [0.05, 0.1) is 17.6 Å². The van der Waals surface area contributed by atoms with Crippen molar-refractivity contribution < 1.29 is 17.9 Å². The van der Waals surface area contributed by atoms with E-state index < -0.39 is 9.84 Å². The lowest BCUT2D eigenvalue weighted by Gasteiger charge is -2.13. The van der Waals surface area contributed by atoms with Gasteiger partial charge in [-0.05, 0) is 36.5 Å². The van der Waals surface area contributed by atoms with E-state index in [4.69, 9.17) is 4.74 Å². The molecule has 0 aromatic heterocycles. The largest absolute Gasteiger partial charge is 0.465 e. The Labute approximate surface area is 138 Å². The van der Waals surface area contributed by atoms with Crippen LogP contribution in [0.4, 0.5) is 0 Å². The number of hydrogen-bond donors (Lipinski definition) is 0. The molecule has 4 nitrogen and oxygen atoms in total. The third-order valence-electron chi connectivity index (χ3n) is 4.30. The highest BCUT2D eigenvalue weighted by Gasteiger charge is 2.18. The first-order valence-corrected chi connectivity index (χ1v) is 9.91. The zero-order chi connectivity index (χ0) is 16.9. The summed E-state index contributed by atoms with van der Waals surface area (Å²) in [4.78, 5) is 12.4. The molecule has 0 saturated heterocycles. The van der Waals surface area contributed by atoms with Gasteiger partial charge in [0.1, 0.15) is 0 Å². The summed E-state index contributed by atoms with van der Waals surface area (Å²) in [5.74, 6) is 0.00235. The summed E-state index contributed by atoms with van der Waals surface area (Å²) < 4.78 is 28.0. The van der Waals surface area contributed by atoms with E-state index in [1.807, 2.05) is 6.08 Å². The molecule has 0 bridgehead atoms. The molecule has 0 amide bonds. The number of esters is 1. The number of rotatable bonds is 4. The second kappa shape index (κ2) is 7.77. The van der Waals surface area contributed by atoms with Crippen LogP contribution in [0.15, 0.2) is 35.2 Å². The van der Waals surface area contributed by atoms with Crippen molar-refractivity contribution in [1.29, 1.82) is 0 Å². The summed E-state index contributed by atoms with van der Waals surface area (Å²) >= 11 is 0. The minimum absolute atomic E-state index is 0.250. The number of ether oxygens (including phenoxy) is 1. The molecule has 2 rings (SSSR count). The van der Waals surface area contributed by atoms with Crippen molar-refractivity contribution in [3.8, 4) is 0 Å². The van der Waals surface area contributed by atoms with Gasteiger partial charge in [-0.25, -0.2) is 13.2 Å². The first kappa shape index (κ1) is 17.7. The lowest BCUT2D eigenvalue weighted by Crippen LogP contribution is -2.07. The molecule has 1 aromatic carbocycles. The van der Waals surface area contributed by atoms with E-state index >= 15 is 0 Å². The second-order valence-corrected chi connectivity index (χ2v) is 8.14. The van der Waals surface area contributed by atoms with Crippen LogP contribution >= 0.6 is 0 Å². The summed E-state index contributed by atoms with van der Waals surface area (Å²) in [6.45, 7) is 0. The summed E-state index contributed by atoms with van der Waals surface area (Å²) in [5, 5.41) is 0. The first-order chi connectivity index (χ1) is 10.9. The van der Waals surface area contributed by atoms with Crippen molar-refractivity contribution in [2.45, 2.75) is 43.4 Å². The monoisotopic (exact) mass is 336 g/mol. The maximum absolute atomic E-state index is 12.1. The number of carbonyl (C=O) groups excluding carboxylic acids is 1. The Morgan fingerprint density at radius 1 is 1.09 bits per heavy atom. The van der Waals surface area contributed by atoms with E-state index in [9.17, 15) is 13.2 Å². The average Bonchev–Trinajstić information content (AvgIpc) is 2.80. The van der Waals surface area contributed by atoms with Crippen LogP contribution in [0, 0.1) is 5.92 Å². The highest BCUT2D eigenvalue weighted by Crippen LogP contribution is 2.28. The number of hydrogen-bond acceptors (Lipinski definition) is 4. The Morgan fingerprint density at radius 3 is 2.13 bits per heavy atom. The van der Waals surface area contributed by atoms with E-state index in [0.717, 1.165) is 12.8 Å². The van der Waals surface area contributed by atoms with Gasteiger partial charge in [0.2, 0.25) is 0 Å². The fourth-order valence-electron chi connectivity index (χ4n) is 2.99. The van der Waals surface area contributed by atoms with E-state index in [-0.39, 0.29) is 10.9 Å². The van der Waals surface area contributed by atoms with E-state index in [1.54, 1.807) is 12.1 Å². The van der Waals surface area contributed by atoms with Crippen molar-refractivity contribution in [3.63, 3.8) is 0 Å². The summed E-state index contributed by atoms with van der Waals surface area (Å²) in [6.07, 6.45) is 10.2. The van der Waals surface area contributed by atoms with Crippen LogP contribution in [0.1, 0.15) is 44.1 Å². The topological polar surface area (TPSA) is 60.4 Å². The quantitative estimate of drug-likeness (QED) is 0.479. The minimum Gasteiger partial charge on any atom is -0.465 e.